The summed E-state index contributed by atoms with van der Waals surface area (Å²) in [4.78, 5) is 0. The highest BCUT2D eigenvalue weighted by Gasteiger charge is 2.17. The number of rotatable bonds is 4. The molecule has 20 heavy (non-hydrogen) atoms. The van der Waals surface area contributed by atoms with E-state index in [0.29, 0.717) is 16.0 Å². The van der Waals surface area contributed by atoms with Crippen molar-refractivity contribution >= 4 is 27.5 Å². The summed E-state index contributed by atoms with van der Waals surface area (Å²) in [5, 5.41) is -0.461. The van der Waals surface area contributed by atoms with Crippen LogP contribution in [0.3, 0.4) is 0 Å². The van der Waals surface area contributed by atoms with E-state index in [1.165, 1.54) is 6.07 Å². The number of benzene rings is 2. The Labute approximate surface area is 130 Å². The second-order valence-electron chi connectivity index (χ2n) is 4.14. The molecule has 1 atom stereocenters. The van der Waals surface area contributed by atoms with Crippen molar-refractivity contribution in [3.05, 3.63) is 57.8 Å². The first-order valence-corrected chi connectivity index (χ1v) is 7.10. The van der Waals surface area contributed by atoms with E-state index in [1.54, 1.807) is 38.5 Å². The summed E-state index contributed by atoms with van der Waals surface area (Å²) in [5.74, 6) is 1.02. The van der Waals surface area contributed by atoms with Crippen LogP contribution in [0.15, 0.2) is 40.9 Å². The Bertz CT molecular complexity index is 619. The molecule has 5 heteroatoms. The molecule has 2 aromatic carbocycles. The summed E-state index contributed by atoms with van der Waals surface area (Å²) in [6, 6.07) is 10.1. The van der Waals surface area contributed by atoms with Crippen molar-refractivity contribution in [2.45, 2.75) is 5.38 Å². The Morgan fingerprint density at radius 3 is 2.45 bits per heavy atom. The summed E-state index contributed by atoms with van der Waals surface area (Å²) in [6.07, 6.45) is 0. The lowest BCUT2D eigenvalue weighted by Crippen LogP contribution is -1.99. The molecule has 1 unspecified atom stereocenters. The van der Waals surface area contributed by atoms with Crippen molar-refractivity contribution < 1.29 is 13.9 Å². The van der Waals surface area contributed by atoms with Crippen LogP contribution in [0.2, 0.25) is 0 Å². The van der Waals surface area contributed by atoms with Crippen molar-refractivity contribution in [1.82, 2.24) is 0 Å². The zero-order chi connectivity index (χ0) is 14.7. The molecule has 0 aliphatic heterocycles. The third kappa shape index (κ3) is 3.07. The third-order valence-electron chi connectivity index (χ3n) is 2.95. The minimum Gasteiger partial charge on any atom is -0.497 e. The Morgan fingerprint density at radius 1 is 1.10 bits per heavy atom. The normalized spacial score (nSPS) is 12.1. The van der Waals surface area contributed by atoms with Crippen LogP contribution in [0.1, 0.15) is 16.5 Å². The highest BCUT2D eigenvalue weighted by molar-refractivity contribution is 9.10. The maximum Gasteiger partial charge on any atom is 0.137 e. The van der Waals surface area contributed by atoms with E-state index in [1.807, 2.05) is 6.07 Å². The van der Waals surface area contributed by atoms with E-state index < -0.39 is 5.38 Å². The SMILES string of the molecule is COc1ccc(OC)c(C(Cl)c2ccc(F)c(Br)c2)c1. The van der Waals surface area contributed by atoms with E-state index in [2.05, 4.69) is 15.9 Å². The third-order valence-corrected chi connectivity index (χ3v) is 4.04. The molecule has 0 N–H and O–H groups in total. The Kier molecular flexibility index (Phi) is 4.89. The molecule has 0 aliphatic rings. The largest absolute Gasteiger partial charge is 0.497 e. The summed E-state index contributed by atoms with van der Waals surface area (Å²) in [7, 11) is 3.17. The average Bonchev–Trinajstić information content (AvgIpc) is 2.48. The molecule has 106 valence electrons. The first kappa shape index (κ1) is 15.1. The summed E-state index contributed by atoms with van der Waals surface area (Å²) in [5.41, 5.74) is 1.54. The maximum absolute atomic E-state index is 13.3. The van der Waals surface area contributed by atoms with Crippen molar-refractivity contribution in [3.8, 4) is 11.5 Å². The Morgan fingerprint density at radius 2 is 1.85 bits per heavy atom. The number of hydrogen-bond donors (Lipinski definition) is 0. The van der Waals surface area contributed by atoms with Crippen LogP contribution < -0.4 is 9.47 Å². The van der Waals surface area contributed by atoms with Crippen LogP contribution in [-0.4, -0.2) is 14.2 Å². The molecule has 0 amide bonds. The van der Waals surface area contributed by atoms with Gasteiger partial charge in [-0.25, -0.2) is 4.39 Å². The van der Waals surface area contributed by atoms with Gasteiger partial charge in [-0.05, 0) is 51.8 Å². The number of ether oxygens (including phenoxy) is 2. The Hall–Kier alpha value is -1.26. The minimum atomic E-state index is -0.461. The quantitative estimate of drug-likeness (QED) is 0.720. The zero-order valence-electron chi connectivity index (χ0n) is 11.0. The molecule has 2 rings (SSSR count). The fourth-order valence-electron chi connectivity index (χ4n) is 1.89. The number of halogens is 3. The van der Waals surface area contributed by atoms with Gasteiger partial charge in [0.15, 0.2) is 0 Å². The van der Waals surface area contributed by atoms with Gasteiger partial charge in [0.1, 0.15) is 17.3 Å². The monoisotopic (exact) mass is 358 g/mol. The van der Waals surface area contributed by atoms with Crippen molar-refractivity contribution in [3.63, 3.8) is 0 Å². The zero-order valence-corrected chi connectivity index (χ0v) is 13.3. The predicted octanol–water partition coefficient (Wildman–Crippen LogP) is 4.93. The van der Waals surface area contributed by atoms with Crippen molar-refractivity contribution in [2.75, 3.05) is 14.2 Å². The molecule has 2 nitrogen and oxygen atoms in total. The minimum absolute atomic E-state index is 0.324. The van der Waals surface area contributed by atoms with Crippen LogP contribution in [0.4, 0.5) is 4.39 Å². The fourth-order valence-corrected chi connectivity index (χ4v) is 2.59. The smallest absolute Gasteiger partial charge is 0.137 e. The number of methoxy groups -OCH3 is 2. The van der Waals surface area contributed by atoms with Gasteiger partial charge in [-0.1, -0.05) is 6.07 Å². The molecule has 0 bridgehead atoms. The molecular weight excluding hydrogens is 347 g/mol. The highest BCUT2D eigenvalue weighted by atomic mass is 79.9. The lowest BCUT2D eigenvalue weighted by Gasteiger charge is -2.16. The Balaban J connectivity index is 2.45. The van der Waals surface area contributed by atoms with E-state index in [0.717, 1.165) is 11.1 Å². The molecule has 0 aliphatic carbocycles. The van der Waals surface area contributed by atoms with Gasteiger partial charge >= 0.3 is 0 Å². The summed E-state index contributed by atoms with van der Waals surface area (Å²) < 4.78 is 24.2. The molecule has 0 fully saturated rings. The second kappa shape index (κ2) is 6.46. The highest BCUT2D eigenvalue weighted by Crippen LogP contribution is 2.38. The first-order valence-electron chi connectivity index (χ1n) is 5.87. The van der Waals surface area contributed by atoms with E-state index in [-0.39, 0.29) is 5.82 Å². The van der Waals surface area contributed by atoms with Crippen molar-refractivity contribution in [2.24, 2.45) is 0 Å². The molecule has 0 saturated carbocycles. The second-order valence-corrected chi connectivity index (χ2v) is 5.43. The van der Waals surface area contributed by atoms with Crippen LogP contribution in [0, 0.1) is 5.82 Å². The fraction of sp³-hybridized carbons (Fsp3) is 0.200. The van der Waals surface area contributed by atoms with E-state index in [9.17, 15) is 4.39 Å². The number of alkyl halides is 1. The first-order chi connectivity index (χ1) is 9.56. The predicted molar refractivity (Wildman–Crippen MR) is 81.3 cm³/mol. The van der Waals surface area contributed by atoms with Gasteiger partial charge in [-0.15, -0.1) is 11.6 Å². The summed E-state index contributed by atoms with van der Waals surface area (Å²) >= 11 is 9.65. The van der Waals surface area contributed by atoms with Crippen LogP contribution in [0.5, 0.6) is 11.5 Å². The molecule has 0 spiro atoms. The standard InChI is InChI=1S/C15H13BrClFO2/c1-19-10-4-6-14(20-2)11(8-10)15(17)9-3-5-13(18)12(16)7-9/h3-8,15H,1-2H3. The van der Waals surface area contributed by atoms with Gasteiger partial charge < -0.3 is 9.47 Å². The lowest BCUT2D eigenvalue weighted by molar-refractivity contribution is 0.399. The molecule has 0 heterocycles. The molecular formula is C15H13BrClFO2. The van der Waals surface area contributed by atoms with E-state index in [4.69, 9.17) is 21.1 Å². The van der Waals surface area contributed by atoms with Crippen LogP contribution in [0.25, 0.3) is 0 Å². The van der Waals surface area contributed by atoms with Gasteiger partial charge in [-0.2, -0.15) is 0 Å². The topological polar surface area (TPSA) is 18.5 Å². The van der Waals surface area contributed by atoms with Gasteiger partial charge in [0.2, 0.25) is 0 Å². The summed E-state index contributed by atoms with van der Waals surface area (Å²) in [6.45, 7) is 0. The molecule has 0 radical (unpaired) electrons. The lowest BCUT2D eigenvalue weighted by atomic mass is 10.0. The van der Waals surface area contributed by atoms with Gasteiger partial charge in [0, 0.05) is 5.56 Å². The van der Waals surface area contributed by atoms with Gasteiger partial charge in [-0.3, -0.25) is 0 Å². The number of hydrogen-bond acceptors (Lipinski definition) is 2. The van der Waals surface area contributed by atoms with Gasteiger partial charge in [0.05, 0.1) is 24.1 Å². The van der Waals surface area contributed by atoms with Gasteiger partial charge in [0.25, 0.3) is 0 Å². The molecule has 0 saturated heterocycles. The molecule has 2 aromatic rings. The van der Waals surface area contributed by atoms with Crippen LogP contribution >= 0.6 is 27.5 Å². The molecule has 0 aromatic heterocycles. The maximum atomic E-state index is 13.3. The van der Waals surface area contributed by atoms with E-state index >= 15 is 0 Å². The van der Waals surface area contributed by atoms with Crippen molar-refractivity contribution in [1.29, 1.82) is 0 Å². The van der Waals surface area contributed by atoms with Crippen LogP contribution in [-0.2, 0) is 0 Å². The average molecular weight is 360 g/mol.